The average Bonchev–Trinajstić information content (AvgIpc) is 2.43. The standard InChI is InChI=1S/C16H27NS/c1-5-13(4)18-12-16(17-7-3)15-10-8-14(6-2)9-11-15/h8-11,13,16-17H,5-7,12H2,1-4H3. The van der Waals surface area contributed by atoms with Gasteiger partial charge in [-0.2, -0.15) is 11.8 Å². The summed E-state index contributed by atoms with van der Waals surface area (Å²) in [4.78, 5) is 0. The smallest absolute Gasteiger partial charge is 0.0411 e. The maximum Gasteiger partial charge on any atom is 0.0411 e. The molecule has 0 spiro atoms. The number of hydrogen-bond acceptors (Lipinski definition) is 2. The van der Waals surface area contributed by atoms with E-state index in [4.69, 9.17) is 0 Å². The third-order valence-electron chi connectivity index (χ3n) is 3.36. The van der Waals surface area contributed by atoms with E-state index in [1.807, 2.05) is 0 Å². The Morgan fingerprint density at radius 2 is 1.78 bits per heavy atom. The molecule has 2 heteroatoms. The van der Waals surface area contributed by atoms with E-state index in [0.717, 1.165) is 24.0 Å². The number of nitrogens with one attached hydrogen (secondary N) is 1. The van der Waals surface area contributed by atoms with Crippen molar-refractivity contribution in [3.63, 3.8) is 0 Å². The Labute approximate surface area is 117 Å². The fourth-order valence-corrected chi connectivity index (χ4v) is 2.95. The molecule has 0 aliphatic carbocycles. The summed E-state index contributed by atoms with van der Waals surface area (Å²) in [5.41, 5.74) is 2.84. The summed E-state index contributed by atoms with van der Waals surface area (Å²) >= 11 is 2.07. The lowest BCUT2D eigenvalue weighted by molar-refractivity contribution is 0.605. The van der Waals surface area contributed by atoms with Crippen LogP contribution in [0.5, 0.6) is 0 Å². The number of aryl methyl sites for hydroxylation is 1. The van der Waals surface area contributed by atoms with Gasteiger partial charge in [0.2, 0.25) is 0 Å². The van der Waals surface area contributed by atoms with Crippen LogP contribution in [0, 0.1) is 0 Å². The summed E-state index contributed by atoms with van der Waals surface area (Å²) < 4.78 is 0. The molecule has 0 fully saturated rings. The Morgan fingerprint density at radius 3 is 2.28 bits per heavy atom. The first-order valence-electron chi connectivity index (χ1n) is 7.15. The lowest BCUT2D eigenvalue weighted by Crippen LogP contribution is -2.23. The Morgan fingerprint density at radius 1 is 1.11 bits per heavy atom. The van der Waals surface area contributed by atoms with E-state index < -0.39 is 0 Å². The van der Waals surface area contributed by atoms with E-state index >= 15 is 0 Å². The van der Waals surface area contributed by atoms with Gasteiger partial charge in [0.05, 0.1) is 0 Å². The van der Waals surface area contributed by atoms with E-state index in [0.29, 0.717) is 6.04 Å². The molecule has 0 radical (unpaired) electrons. The van der Waals surface area contributed by atoms with Gasteiger partial charge in [-0.1, -0.05) is 52.0 Å². The summed E-state index contributed by atoms with van der Waals surface area (Å²) in [7, 11) is 0. The van der Waals surface area contributed by atoms with Gasteiger partial charge in [0.15, 0.2) is 0 Å². The fourth-order valence-electron chi connectivity index (χ4n) is 1.88. The van der Waals surface area contributed by atoms with Crippen LogP contribution in [-0.2, 0) is 6.42 Å². The first-order chi connectivity index (χ1) is 8.71. The van der Waals surface area contributed by atoms with Crippen LogP contribution in [0.3, 0.4) is 0 Å². The predicted molar refractivity (Wildman–Crippen MR) is 84.4 cm³/mol. The minimum absolute atomic E-state index is 0.486. The van der Waals surface area contributed by atoms with Gasteiger partial charge in [0.25, 0.3) is 0 Å². The Bertz CT molecular complexity index is 320. The van der Waals surface area contributed by atoms with Gasteiger partial charge in [-0.3, -0.25) is 0 Å². The van der Waals surface area contributed by atoms with E-state index in [-0.39, 0.29) is 0 Å². The van der Waals surface area contributed by atoms with Gasteiger partial charge in [-0.05, 0) is 30.5 Å². The van der Waals surface area contributed by atoms with Gasteiger partial charge in [0.1, 0.15) is 0 Å². The van der Waals surface area contributed by atoms with Crippen LogP contribution in [-0.4, -0.2) is 17.5 Å². The van der Waals surface area contributed by atoms with Crippen molar-refractivity contribution in [1.29, 1.82) is 0 Å². The molecule has 0 amide bonds. The highest BCUT2D eigenvalue weighted by molar-refractivity contribution is 7.99. The molecule has 0 aliphatic rings. The van der Waals surface area contributed by atoms with Gasteiger partial charge in [-0.25, -0.2) is 0 Å². The number of hydrogen-bond donors (Lipinski definition) is 1. The summed E-state index contributed by atoms with van der Waals surface area (Å²) in [6, 6.07) is 9.56. The molecule has 1 aromatic rings. The van der Waals surface area contributed by atoms with Crippen molar-refractivity contribution in [2.45, 2.75) is 51.8 Å². The highest BCUT2D eigenvalue weighted by Gasteiger charge is 2.11. The molecule has 1 nitrogen and oxygen atoms in total. The molecular formula is C16H27NS. The van der Waals surface area contributed by atoms with Crippen molar-refractivity contribution < 1.29 is 0 Å². The minimum Gasteiger partial charge on any atom is -0.310 e. The fraction of sp³-hybridized carbons (Fsp3) is 0.625. The summed E-state index contributed by atoms with van der Waals surface area (Å²) in [5.74, 6) is 1.16. The Balaban J connectivity index is 2.64. The molecule has 0 aromatic heterocycles. The van der Waals surface area contributed by atoms with E-state index in [1.165, 1.54) is 17.5 Å². The van der Waals surface area contributed by atoms with Crippen LogP contribution < -0.4 is 5.32 Å². The summed E-state index contributed by atoms with van der Waals surface area (Å²) in [5, 5.41) is 4.35. The van der Waals surface area contributed by atoms with Crippen LogP contribution in [0.25, 0.3) is 0 Å². The van der Waals surface area contributed by atoms with Crippen LogP contribution in [0.1, 0.15) is 51.3 Å². The summed E-state index contributed by atoms with van der Waals surface area (Å²) in [6.45, 7) is 9.99. The van der Waals surface area contributed by atoms with Crippen molar-refractivity contribution in [3.05, 3.63) is 35.4 Å². The second-order valence-electron chi connectivity index (χ2n) is 4.76. The van der Waals surface area contributed by atoms with Crippen LogP contribution in [0.15, 0.2) is 24.3 Å². The third-order valence-corrected chi connectivity index (χ3v) is 4.79. The first-order valence-corrected chi connectivity index (χ1v) is 8.19. The van der Waals surface area contributed by atoms with Crippen molar-refractivity contribution in [2.75, 3.05) is 12.3 Å². The maximum absolute atomic E-state index is 3.59. The number of rotatable bonds is 8. The molecular weight excluding hydrogens is 238 g/mol. The van der Waals surface area contributed by atoms with Crippen LogP contribution in [0.4, 0.5) is 0 Å². The molecule has 2 atom stereocenters. The van der Waals surface area contributed by atoms with Gasteiger partial charge in [0, 0.05) is 17.0 Å². The van der Waals surface area contributed by atoms with Crippen molar-refractivity contribution in [2.24, 2.45) is 0 Å². The van der Waals surface area contributed by atoms with E-state index in [1.54, 1.807) is 0 Å². The van der Waals surface area contributed by atoms with Crippen LogP contribution in [0.2, 0.25) is 0 Å². The molecule has 18 heavy (non-hydrogen) atoms. The quantitative estimate of drug-likeness (QED) is 0.746. The zero-order valence-electron chi connectivity index (χ0n) is 12.2. The summed E-state index contributed by atoms with van der Waals surface area (Å²) in [6.07, 6.45) is 2.37. The highest BCUT2D eigenvalue weighted by Crippen LogP contribution is 2.23. The zero-order chi connectivity index (χ0) is 13.4. The van der Waals surface area contributed by atoms with Crippen LogP contribution >= 0.6 is 11.8 Å². The minimum atomic E-state index is 0.486. The second-order valence-corrected chi connectivity index (χ2v) is 6.23. The SMILES string of the molecule is CCNC(CSC(C)CC)c1ccc(CC)cc1. The maximum atomic E-state index is 3.59. The number of thioether (sulfide) groups is 1. The lowest BCUT2D eigenvalue weighted by atomic mass is 10.0. The molecule has 1 aromatic carbocycles. The Kier molecular flexibility index (Phi) is 7.45. The van der Waals surface area contributed by atoms with Crippen molar-refractivity contribution in [1.82, 2.24) is 5.32 Å². The third kappa shape index (κ3) is 5.03. The Hall–Kier alpha value is -0.470. The molecule has 0 heterocycles. The van der Waals surface area contributed by atoms with E-state index in [9.17, 15) is 0 Å². The molecule has 1 N–H and O–H groups in total. The van der Waals surface area contributed by atoms with Crippen molar-refractivity contribution in [3.8, 4) is 0 Å². The normalized spacial score (nSPS) is 14.4. The largest absolute Gasteiger partial charge is 0.310 e. The van der Waals surface area contributed by atoms with E-state index in [2.05, 4.69) is 69.0 Å². The molecule has 0 aliphatic heterocycles. The lowest BCUT2D eigenvalue weighted by Gasteiger charge is -2.20. The van der Waals surface area contributed by atoms with Gasteiger partial charge in [-0.15, -0.1) is 0 Å². The molecule has 0 bridgehead atoms. The molecule has 0 saturated heterocycles. The molecule has 1 rings (SSSR count). The number of benzene rings is 1. The monoisotopic (exact) mass is 265 g/mol. The molecule has 0 saturated carbocycles. The van der Waals surface area contributed by atoms with Crippen molar-refractivity contribution >= 4 is 11.8 Å². The first kappa shape index (κ1) is 15.6. The van der Waals surface area contributed by atoms with Gasteiger partial charge < -0.3 is 5.32 Å². The highest BCUT2D eigenvalue weighted by atomic mass is 32.2. The molecule has 102 valence electrons. The second kappa shape index (κ2) is 8.60. The topological polar surface area (TPSA) is 12.0 Å². The predicted octanol–water partition coefficient (Wildman–Crippen LogP) is 4.43. The zero-order valence-corrected chi connectivity index (χ0v) is 13.0. The molecule has 2 unspecified atom stereocenters. The van der Waals surface area contributed by atoms with Gasteiger partial charge >= 0.3 is 0 Å². The average molecular weight is 265 g/mol.